The number of aromatic nitrogens is 1. The van der Waals surface area contributed by atoms with Crippen molar-refractivity contribution in [2.45, 2.75) is 24.7 Å². The molecule has 10 heteroatoms. The second kappa shape index (κ2) is 9.68. The van der Waals surface area contributed by atoms with Gasteiger partial charge in [-0.3, -0.25) is 4.79 Å². The average Bonchev–Trinajstić information content (AvgIpc) is 2.98. The molecule has 1 aliphatic heterocycles. The molecule has 1 aliphatic rings. The van der Waals surface area contributed by atoms with E-state index < -0.39 is 10.0 Å². The van der Waals surface area contributed by atoms with Crippen molar-refractivity contribution in [2.24, 2.45) is 0 Å². The zero-order valence-corrected chi connectivity index (χ0v) is 19.1. The van der Waals surface area contributed by atoms with Gasteiger partial charge >= 0.3 is 0 Å². The molecule has 0 aliphatic carbocycles. The summed E-state index contributed by atoms with van der Waals surface area (Å²) >= 11 is 1.38. The van der Waals surface area contributed by atoms with Crippen LogP contribution in [-0.2, 0) is 14.8 Å². The number of carbonyl (C=O) groups is 1. The Morgan fingerprint density at radius 2 is 1.84 bits per heavy atom. The molecule has 0 saturated carbocycles. The van der Waals surface area contributed by atoms with Gasteiger partial charge in [-0.15, -0.1) is 0 Å². The number of nitrogens with zero attached hydrogens (tertiary/aromatic N) is 1. The van der Waals surface area contributed by atoms with E-state index in [-0.39, 0.29) is 23.8 Å². The van der Waals surface area contributed by atoms with Gasteiger partial charge in [-0.2, -0.15) is 0 Å². The Labute approximate surface area is 190 Å². The van der Waals surface area contributed by atoms with Gasteiger partial charge < -0.3 is 14.8 Å². The Bertz CT molecular complexity index is 1210. The van der Waals surface area contributed by atoms with E-state index in [4.69, 9.17) is 9.47 Å². The highest BCUT2D eigenvalue weighted by Gasteiger charge is 2.19. The van der Waals surface area contributed by atoms with Crippen molar-refractivity contribution in [1.29, 1.82) is 0 Å². The van der Waals surface area contributed by atoms with Crippen LogP contribution < -0.4 is 19.5 Å². The molecule has 168 valence electrons. The summed E-state index contributed by atoms with van der Waals surface area (Å²) in [6.45, 7) is 2.83. The Hall–Kier alpha value is -2.95. The van der Waals surface area contributed by atoms with Crippen molar-refractivity contribution in [1.82, 2.24) is 9.71 Å². The molecule has 0 atom stereocenters. The molecule has 1 amide bonds. The van der Waals surface area contributed by atoms with E-state index in [9.17, 15) is 13.2 Å². The van der Waals surface area contributed by atoms with E-state index in [0.29, 0.717) is 29.8 Å². The molecule has 0 radical (unpaired) electrons. The topological polar surface area (TPSA) is 107 Å². The summed E-state index contributed by atoms with van der Waals surface area (Å²) in [6.07, 6.45) is 0.707. The number of hydrogen-bond donors (Lipinski definition) is 2. The second-order valence-corrected chi connectivity index (χ2v) is 9.92. The number of fused-ring (bicyclic) bond motifs is 1. The number of nitrogens with one attached hydrogen (secondary N) is 2. The Morgan fingerprint density at radius 3 is 2.62 bits per heavy atom. The molecule has 0 saturated heterocycles. The van der Waals surface area contributed by atoms with Gasteiger partial charge in [0.05, 0.1) is 28.7 Å². The summed E-state index contributed by atoms with van der Waals surface area (Å²) < 4.78 is 38.7. The lowest BCUT2D eigenvalue weighted by Gasteiger charge is -2.10. The Kier molecular flexibility index (Phi) is 6.73. The van der Waals surface area contributed by atoms with Crippen LogP contribution in [0.5, 0.6) is 11.5 Å². The lowest BCUT2D eigenvalue weighted by Crippen LogP contribution is -2.27. The number of ether oxygens (including phenoxy) is 2. The minimum absolute atomic E-state index is 0.0247. The van der Waals surface area contributed by atoms with Crippen LogP contribution in [0.3, 0.4) is 0 Å². The number of hydrogen-bond acceptors (Lipinski definition) is 7. The third-order valence-corrected chi connectivity index (χ3v) is 7.33. The molecule has 4 rings (SSSR count). The number of aryl methyl sites for hydroxylation is 1. The summed E-state index contributed by atoms with van der Waals surface area (Å²) in [4.78, 5) is 17.8. The SMILES string of the molecule is Cc1nc(NC(=O)CCNS(=O)(=O)c2ccc3c(c2)OCCCO3)sc1-c1ccccc1. The smallest absolute Gasteiger partial charge is 0.240 e. The predicted octanol–water partition coefficient (Wildman–Crippen LogP) is 3.59. The molecule has 3 aromatic rings. The molecule has 8 nitrogen and oxygen atoms in total. The highest BCUT2D eigenvalue weighted by molar-refractivity contribution is 7.89. The number of thiazole rings is 1. The molecule has 2 N–H and O–H groups in total. The molecule has 2 heterocycles. The van der Waals surface area contributed by atoms with Crippen molar-refractivity contribution in [2.75, 3.05) is 25.1 Å². The molecular weight excluding hydrogens is 450 g/mol. The number of benzene rings is 2. The van der Waals surface area contributed by atoms with Gasteiger partial charge in [-0.1, -0.05) is 41.7 Å². The Morgan fingerprint density at radius 1 is 1.09 bits per heavy atom. The van der Waals surface area contributed by atoms with Crippen LogP contribution in [-0.4, -0.2) is 39.1 Å². The van der Waals surface area contributed by atoms with Crippen molar-refractivity contribution < 1.29 is 22.7 Å². The molecule has 0 bridgehead atoms. The maximum Gasteiger partial charge on any atom is 0.240 e. The van der Waals surface area contributed by atoms with Gasteiger partial charge in [0, 0.05) is 25.5 Å². The molecule has 1 aromatic heterocycles. The number of amides is 1. The van der Waals surface area contributed by atoms with Gasteiger partial charge in [-0.25, -0.2) is 18.1 Å². The highest BCUT2D eigenvalue weighted by Crippen LogP contribution is 2.33. The first-order chi connectivity index (χ1) is 15.4. The fraction of sp³-hybridized carbons (Fsp3) is 0.273. The molecule has 2 aromatic carbocycles. The summed E-state index contributed by atoms with van der Waals surface area (Å²) in [6, 6.07) is 14.3. The standard InChI is InChI=1S/C22H23N3O5S2/c1-15-21(16-6-3-2-4-7-16)31-22(24-15)25-20(26)10-11-23-32(27,28)17-8-9-18-19(14-17)30-13-5-12-29-18/h2-4,6-9,14,23H,5,10-13H2,1H3,(H,24,25,26). The number of anilines is 1. The van der Waals surface area contributed by atoms with Gasteiger partial charge in [0.2, 0.25) is 15.9 Å². The number of rotatable bonds is 7. The summed E-state index contributed by atoms with van der Waals surface area (Å²) in [7, 11) is -3.79. The molecule has 32 heavy (non-hydrogen) atoms. The second-order valence-electron chi connectivity index (χ2n) is 7.15. The van der Waals surface area contributed by atoms with Crippen LogP contribution in [0.15, 0.2) is 53.4 Å². The monoisotopic (exact) mass is 473 g/mol. The van der Waals surface area contributed by atoms with Crippen molar-refractivity contribution in [3.63, 3.8) is 0 Å². The van der Waals surface area contributed by atoms with E-state index in [2.05, 4.69) is 15.0 Å². The Balaban J connectivity index is 1.33. The fourth-order valence-electron chi connectivity index (χ4n) is 3.18. The van der Waals surface area contributed by atoms with Crippen LogP contribution in [0.1, 0.15) is 18.5 Å². The fourth-order valence-corrected chi connectivity index (χ4v) is 5.22. The largest absolute Gasteiger partial charge is 0.490 e. The third kappa shape index (κ3) is 5.26. The first-order valence-electron chi connectivity index (χ1n) is 10.1. The summed E-state index contributed by atoms with van der Waals surface area (Å²) in [5.41, 5.74) is 1.86. The third-order valence-electron chi connectivity index (χ3n) is 4.75. The first kappa shape index (κ1) is 22.3. The molecule has 0 unspecified atom stereocenters. The van der Waals surface area contributed by atoms with E-state index in [1.807, 2.05) is 37.3 Å². The van der Waals surface area contributed by atoms with Crippen molar-refractivity contribution >= 4 is 32.4 Å². The predicted molar refractivity (Wildman–Crippen MR) is 123 cm³/mol. The molecule has 0 fully saturated rings. The van der Waals surface area contributed by atoms with Crippen LogP contribution in [0.2, 0.25) is 0 Å². The van der Waals surface area contributed by atoms with Crippen molar-refractivity contribution in [3.8, 4) is 21.9 Å². The van der Waals surface area contributed by atoms with Crippen LogP contribution >= 0.6 is 11.3 Å². The van der Waals surface area contributed by atoms with E-state index >= 15 is 0 Å². The average molecular weight is 474 g/mol. The van der Waals surface area contributed by atoms with Gasteiger partial charge in [0.1, 0.15) is 0 Å². The quantitative estimate of drug-likeness (QED) is 0.543. The minimum atomic E-state index is -3.79. The molecule has 0 spiro atoms. The normalized spacial score (nSPS) is 13.4. The zero-order chi connectivity index (χ0) is 22.6. The summed E-state index contributed by atoms with van der Waals surface area (Å²) in [5, 5.41) is 3.23. The maximum atomic E-state index is 12.6. The minimum Gasteiger partial charge on any atom is -0.490 e. The van der Waals surface area contributed by atoms with E-state index in [0.717, 1.165) is 22.6 Å². The van der Waals surface area contributed by atoms with Crippen LogP contribution in [0.4, 0.5) is 5.13 Å². The van der Waals surface area contributed by atoms with Gasteiger partial charge in [0.15, 0.2) is 16.6 Å². The lowest BCUT2D eigenvalue weighted by atomic mass is 10.2. The number of carbonyl (C=O) groups excluding carboxylic acids is 1. The van der Waals surface area contributed by atoms with Crippen LogP contribution in [0, 0.1) is 6.92 Å². The maximum absolute atomic E-state index is 12.6. The van der Waals surface area contributed by atoms with Gasteiger partial charge in [-0.05, 0) is 24.6 Å². The highest BCUT2D eigenvalue weighted by atomic mass is 32.2. The summed E-state index contributed by atoms with van der Waals surface area (Å²) in [5.74, 6) is 0.602. The van der Waals surface area contributed by atoms with Crippen molar-refractivity contribution in [3.05, 3.63) is 54.2 Å². The molecular formula is C22H23N3O5S2. The lowest BCUT2D eigenvalue weighted by molar-refractivity contribution is -0.116. The van der Waals surface area contributed by atoms with E-state index in [1.54, 1.807) is 6.07 Å². The van der Waals surface area contributed by atoms with E-state index in [1.165, 1.54) is 23.5 Å². The van der Waals surface area contributed by atoms with Gasteiger partial charge in [0.25, 0.3) is 0 Å². The number of sulfonamides is 1. The first-order valence-corrected chi connectivity index (χ1v) is 12.4. The van der Waals surface area contributed by atoms with Crippen LogP contribution in [0.25, 0.3) is 10.4 Å². The zero-order valence-electron chi connectivity index (χ0n) is 17.5.